The summed E-state index contributed by atoms with van der Waals surface area (Å²) in [6.07, 6.45) is 3.47. The van der Waals surface area contributed by atoms with Crippen LogP contribution in [0.3, 0.4) is 0 Å². The number of benzene rings is 2. The van der Waals surface area contributed by atoms with Gasteiger partial charge in [-0.15, -0.1) is 0 Å². The summed E-state index contributed by atoms with van der Waals surface area (Å²) in [6.45, 7) is 0. The van der Waals surface area contributed by atoms with Crippen LogP contribution in [-0.4, -0.2) is 10.9 Å². The largest absolute Gasteiger partial charge is 0.341 e. The van der Waals surface area contributed by atoms with Crippen LogP contribution in [0.1, 0.15) is 27.5 Å². The molecule has 0 radical (unpaired) electrons. The Morgan fingerprint density at radius 1 is 0.957 bits per heavy atom. The average molecular weight is 323 g/mol. The smallest absolute Gasteiger partial charge is 0.252 e. The molecule has 0 fully saturated rings. The number of carbonyl (C=O) groups excluding carboxylic acids is 1. The van der Waals surface area contributed by atoms with Gasteiger partial charge in [-0.1, -0.05) is 54.1 Å². The minimum atomic E-state index is -0.267. The molecule has 2 aromatic carbocycles. The Balaban J connectivity index is 1.92. The number of halogens is 1. The summed E-state index contributed by atoms with van der Waals surface area (Å²) in [7, 11) is 0. The van der Waals surface area contributed by atoms with Crippen molar-refractivity contribution < 1.29 is 4.79 Å². The van der Waals surface area contributed by atoms with Crippen LogP contribution >= 0.6 is 11.6 Å². The second-order valence-corrected chi connectivity index (χ2v) is 5.55. The van der Waals surface area contributed by atoms with Crippen molar-refractivity contribution in [3.05, 3.63) is 101 Å². The minimum absolute atomic E-state index is 0.176. The molecule has 1 heterocycles. The second kappa shape index (κ2) is 7.07. The highest BCUT2D eigenvalue weighted by molar-refractivity contribution is 6.30. The Kier molecular flexibility index (Phi) is 4.69. The molecule has 3 aromatic rings. The summed E-state index contributed by atoms with van der Waals surface area (Å²) in [5, 5.41) is 3.59. The molecule has 0 unspecified atom stereocenters. The van der Waals surface area contributed by atoms with Crippen molar-refractivity contribution in [3.63, 3.8) is 0 Å². The van der Waals surface area contributed by atoms with Crippen molar-refractivity contribution in [1.82, 2.24) is 10.3 Å². The zero-order valence-electron chi connectivity index (χ0n) is 12.3. The number of carbonyl (C=O) groups is 1. The topological polar surface area (TPSA) is 42.0 Å². The average Bonchev–Trinajstić information content (AvgIpc) is 2.61. The van der Waals surface area contributed by atoms with E-state index in [1.165, 1.54) is 0 Å². The summed E-state index contributed by atoms with van der Waals surface area (Å²) >= 11 is 5.97. The molecule has 0 bridgehead atoms. The molecule has 1 amide bonds. The van der Waals surface area contributed by atoms with Crippen molar-refractivity contribution in [1.29, 1.82) is 0 Å². The summed E-state index contributed by atoms with van der Waals surface area (Å²) in [5.41, 5.74) is 2.45. The van der Waals surface area contributed by atoms with E-state index in [1.54, 1.807) is 36.7 Å². The van der Waals surface area contributed by atoms with E-state index >= 15 is 0 Å². The number of nitrogens with one attached hydrogen (secondary N) is 1. The Morgan fingerprint density at radius 2 is 1.74 bits per heavy atom. The Labute approximate surface area is 140 Å². The first kappa shape index (κ1) is 15.3. The molecular formula is C19H15ClN2O. The zero-order chi connectivity index (χ0) is 16.1. The molecule has 1 atom stereocenters. The number of nitrogens with zero attached hydrogens (tertiary/aromatic N) is 1. The van der Waals surface area contributed by atoms with E-state index in [1.807, 2.05) is 42.5 Å². The summed E-state index contributed by atoms with van der Waals surface area (Å²) in [5.74, 6) is -0.176. The lowest BCUT2D eigenvalue weighted by Crippen LogP contribution is -2.29. The van der Waals surface area contributed by atoms with Crippen LogP contribution in [0.4, 0.5) is 0 Å². The van der Waals surface area contributed by atoms with E-state index in [-0.39, 0.29) is 11.9 Å². The maximum atomic E-state index is 12.6. The standard InChI is InChI=1S/C19H15ClN2O/c20-17-10-4-8-15(12-17)19(23)22-18(14-6-2-1-3-7-14)16-9-5-11-21-13-16/h1-13,18H,(H,22,23)/t18-/m1/s1. The molecule has 1 N–H and O–H groups in total. The molecule has 23 heavy (non-hydrogen) atoms. The number of pyridine rings is 1. The number of rotatable bonds is 4. The molecule has 0 spiro atoms. The van der Waals surface area contributed by atoms with Gasteiger partial charge in [0.1, 0.15) is 0 Å². The van der Waals surface area contributed by atoms with Gasteiger partial charge in [0.15, 0.2) is 0 Å². The van der Waals surface area contributed by atoms with E-state index in [4.69, 9.17) is 11.6 Å². The highest BCUT2D eigenvalue weighted by Gasteiger charge is 2.17. The monoisotopic (exact) mass is 322 g/mol. The van der Waals surface area contributed by atoms with Crippen LogP contribution in [0, 0.1) is 0 Å². The third-order valence-corrected chi connectivity index (χ3v) is 3.75. The van der Waals surface area contributed by atoms with Gasteiger partial charge in [0.2, 0.25) is 0 Å². The number of amides is 1. The maximum absolute atomic E-state index is 12.6. The van der Waals surface area contributed by atoms with Gasteiger partial charge < -0.3 is 5.32 Å². The van der Waals surface area contributed by atoms with Crippen molar-refractivity contribution in [2.75, 3.05) is 0 Å². The van der Waals surface area contributed by atoms with Crippen LogP contribution < -0.4 is 5.32 Å². The minimum Gasteiger partial charge on any atom is -0.341 e. The molecule has 0 aliphatic rings. The third kappa shape index (κ3) is 3.76. The molecule has 3 rings (SSSR count). The van der Waals surface area contributed by atoms with Crippen LogP contribution in [0.5, 0.6) is 0 Å². The fourth-order valence-corrected chi connectivity index (χ4v) is 2.59. The van der Waals surface area contributed by atoms with E-state index < -0.39 is 0 Å². The molecule has 0 aliphatic heterocycles. The number of hydrogen-bond donors (Lipinski definition) is 1. The van der Waals surface area contributed by atoms with Crippen LogP contribution in [-0.2, 0) is 0 Å². The Hall–Kier alpha value is -2.65. The summed E-state index contributed by atoms with van der Waals surface area (Å²) in [4.78, 5) is 16.7. The molecule has 3 nitrogen and oxygen atoms in total. The van der Waals surface area contributed by atoms with Crippen molar-refractivity contribution >= 4 is 17.5 Å². The maximum Gasteiger partial charge on any atom is 0.252 e. The van der Waals surface area contributed by atoms with Crippen molar-refractivity contribution in [2.45, 2.75) is 6.04 Å². The molecule has 4 heteroatoms. The van der Waals surface area contributed by atoms with Crippen LogP contribution in [0.25, 0.3) is 0 Å². The van der Waals surface area contributed by atoms with Gasteiger partial charge in [0.25, 0.3) is 5.91 Å². The third-order valence-electron chi connectivity index (χ3n) is 3.51. The molecule has 0 saturated carbocycles. The molecular weight excluding hydrogens is 308 g/mol. The van der Waals surface area contributed by atoms with Crippen LogP contribution in [0.2, 0.25) is 5.02 Å². The summed E-state index contributed by atoms with van der Waals surface area (Å²) < 4.78 is 0. The van der Waals surface area contributed by atoms with E-state index in [0.717, 1.165) is 11.1 Å². The normalized spacial score (nSPS) is 11.7. The predicted molar refractivity (Wildman–Crippen MR) is 91.4 cm³/mol. The van der Waals surface area contributed by atoms with Gasteiger partial charge in [0, 0.05) is 23.0 Å². The molecule has 0 saturated heterocycles. The lowest BCUT2D eigenvalue weighted by molar-refractivity contribution is 0.0943. The molecule has 0 aliphatic carbocycles. The Bertz CT molecular complexity index is 751. The van der Waals surface area contributed by atoms with Gasteiger partial charge in [0.05, 0.1) is 6.04 Å². The lowest BCUT2D eigenvalue weighted by Gasteiger charge is -2.19. The zero-order valence-corrected chi connectivity index (χ0v) is 13.1. The van der Waals surface area contributed by atoms with Gasteiger partial charge in [-0.3, -0.25) is 9.78 Å². The van der Waals surface area contributed by atoms with E-state index in [0.29, 0.717) is 10.6 Å². The fraction of sp³-hybridized carbons (Fsp3) is 0.0526. The quantitative estimate of drug-likeness (QED) is 0.780. The first-order chi connectivity index (χ1) is 11.2. The van der Waals surface area contributed by atoms with E-state index in [2.05, 4.69) is 10.3 Å². The van der Waals surface area contributed by atoms with Crippen molar-refractivity contribution in [2.24, 2.45) is 0 Å². The number of hydrogen-bond acceptors (Lipinski definition) is 2. The first-order valence-electron chi connectivity index (χ1n) is 7.25. The van der Waals surface area contributed by atoms with Gasteiger partial charge in [-0.25, -0.2) is 0 Å². The Morgan fingerprint density at radius 3 is 2.43 bits per heavy atom. The van der Waals surface area contributed by atoms with Crippen molar-refractivity contribution in [3.8, 4) is 0 Å². The lowest BCUT2D eigenvalue weighted by atomic mass is 9.99. The van der Waals surface area contributed by atoms with Gasteiger partial charge in [-0.05, 0) is 35.4 Å². The molecule has 1 aromatic heterocycles. The summed E-state index contributed by atoms with van der Waals surface area (Å²) in [6, 6.07) is 20.3. The predicted octanol–water partition coefficient (Wildman–Crippen LogP) is 4.25. The second-order valence-electron chi connectivity index (χ2n) is 5.11. The van der Waals surface area contributed by atoms with Gasteiger partial charge >= 0.3 is 0 Å². The first-order valence-corrected chi connectivity index (χ1v) is 7.63. The SMILES string of the molecule is O=C(N[C@H](c1ccccc1)c1cccnc1)c1cccc(Cl)c1. The van der Waals surface area contributed by atoms with Crippen LogP contribution in [0.15, 0.2) is 79.1 Å². The molecule has 114 valence electrons. The number of aromatic nitrogens is 1. The fourth-order valence-electron chi connectivity index (χ4n) is 2.40. The van der Waals surface area contributed by atoms with E-state index in [9.17, 15) is 4.79 Å². The van der Waals surface area contributed by atoms with Gasteiger partial charge in [-0.2, -0.15) is 0 Å². The highest BCUT2D eigenvalue weighted by Crippen LogP contribution is 2.22. The highest BCUT2D eigenvalue weighted by atomic mass is 35.5.